The Hall–Kier alpha value is -2.71. The van der Waals surface area contributed by atoms with E-state index in [1.807, 2.05) is 11.0 Å². The van der Waals surface area contributed by atoms with Gasteiger partial charge in [-0.15, -0.1) is 0 Å². The molecule has 1 atom stereocenters. The molecule has 4 heterocycles. The minimum absolute atomic E-state index is 0.0130. The molecule has 0 bridgehead atoms. The smallest absolute Gasteiger partial charge is 0.291 e. The molecule has 0 radical (unpaired) electrons. The van der Waals surface area contributed by atoms with Gasteiger partial charge in [0.1, 0.15) is 5.95 Å². The second-order valence-electron chi connectivity index (χ2n) is 6.98. The zero-order valence-electron chi connectivity index (χ0n) is 14.5. The quantitative estimate of drug-likeness (QED) is 0.685. The first kappa shape index (κ1) is 16.7. The number of carbonyl (C=O) groups excluding carboxylic acids is 1. The van der Waals surface area contributed by atoms with Gasteiger partial charge in [0.2, 0.25) is 12.1 Å². The Balaban J connectivity index is 1.27. The number of aromatic nitrogens is 4. The van der Waals surface area contributed by atoms with Crippen molar-refractivity contribution in [2.45, 2.75) is 25.8 Å². The fraction of sp³-hybridized carbons (Fsp3) is 0.588. The molecule has 138 valence electrons. The summed E-state index contributed by atoms with van der Waals surface area (Å²) in [5.41, 5.74) is 0. The third kappa shape index (κ3) is 3.61. The number of piperidine rings is 1. The molecular weight excluding hydrogens is 336 g/mol. The van der Waals surface area contributed by atoms with Gasteiger partial charge in [-0.3, -0.25) is 4.79 Å². The Kier molecular flexibility index (Phi) is 4.68. The highest BCUT2D eigenvalue weighted by atomic mass is 16.6. The lowest BCUT2D eigenvalue weighted by atomic mass is 9.84. The lowest BCUT2D eigenvalue weighted by Gasteiger charge is -2.34. The van der Waals surface area contributed by atoms with Gasteiger partial charge >= 0.3 is 0 Å². The van der Waals surface area contributed by atoms with E-state index < -0.39 is 5.95 Å². The van der Waals surface area contributed by atoms with Gasteiger partial charge in [-0.2, -0.15) is 0 Å². The fourth-order valence-electron chi connectivity index (χ4n) is 4.00. The van der Waals surface area contributed by atoms with Crippen LogP contribution in [0.5, 0.6) is 5.95 Å². The van der Waals surface area contributed by atoms with Gasteiger partial charge in [0.05, 0.1) is 5.27 Å². The summed E-state index contributed by atoms with van der Waals surface area (Å²) in [7, 11) is 0. The fourth-order valence-corrected chi connectivity index (χ4v) is 4.00. The average molecular weight is 358 g/mol. The van der Waals surface area contributed by atoms with E-state index in [0.29, 0.717) is 11.8 Å². The number of carbonyl (C=O) groups is 1. The lowest BCUT2D eigenvalue weighted by molar-refractivity contribution is -0.751. The molecule has 2 aliphatic heterocycles. The molecule has 26 heavy (non-hydrogen) atoms. The maximum atomic E-state index is 12.4. The largest absolute Gasteiger partial charge is 0.539 e. The highest BCUT2D eigenvalue weighted by Gasteiger charge is 2.35. The van der Waals surface area contributed by atoms with Crippen molar-refractivity contribution in [2.75, 3.05) is 31.1 Å². The predicted molar refractivity (Wildman–Crippen MR) is 87.8 cm³/mol. The number of amides is 1. The molecule has 2 aliphatic rings. The van der Waals surface area contributed by atoms with Crippen molar-refractivity contribution in [1.82, 2.24) is 20.1 Å². The summed E-state index contributed by atoms with van der Waals surface area (Å²) in [6.45, 7) is 3.53. The molecule has 0 saturated carbocycles. The highest BCUT2D eigenvalue weighted by Crippen LogP contribution is 2.32. The van der Waals surface area contributed by atoms with Crippen LogP contribution in [-0.2, 0) is 11.3 Å². The second kappa shape index (κ2) is 7.27. The summed E-state index contributed by atoms with van der Waals surface area (Å²) in [5, 5.41) is 14.5. The Morgan fingerprint density at radius 2 is 1.92 bits per heavy atom. The summed E-state index contributed by atoms with van der Waals surface area (Å²) >= 11 is 0. The molecule has 2 aromatic heterocycles. The summed E-state index contributed by atoms with van der Waals surface area (Å²) in [5.74, 6) is 1.42. The molecule has 1 unspecified atom stereocenters. The van der Waals surface area contributed by atoms with Crippen LogP contribution in [0.25, 0.3) is 0 Å². The average Bonchev–Trinajstić information content (AvgIpc) is 3.32. The number of nitrogens with zero attached hydrogens (tertiary/aromatic N) is 6. The Labute approximate surface area is 151 Å². The molecule has 4 rings (SSSR count). The van der Waals surface area contributed by atoms with Crippen LogP contribution >= 0.6 is 0 Å². The molecule has 0 aliphatic carbocycles. The normalized spacial score (nSPS) is 21.3. The second-order valence-corrected chi connectivity index (χ2v) is 6.98. The number of rotatable bonds is 4. The number of hydrogen-bond acceptors (Lipinski definition) is 7. The van der Waals surface area contributed by atoms with Crippen molar-refractivity contribution < 1.29 is 19.1 Å². The van der Waals surface area contributed by atoms with Gasteiger partial charge < -0.3 is 19.4 Å². The van der Waals surface area contributed by atoms with Crippen LogP contribution in [0, 0.1) is 11.8 Å². The van der Waals surface area contributed by atoms with E-state index >= 15 is 0 Å². The van der Waals surface area contributed by atoms with Crippen molar-refractivity contribution in [3.63, 3.8) is 0 Å². The van der Waals surface area contributed by atoms with E-state index in [1.165, 1.54) is 10.9 Å². The number of likely N-dealkylation sites (tertiary alicyclic amines) is 1. The van der Waals surface area contributed by atoms with Crippen LogP contribution in [0.3, 0.4) is 0 Å². The lowest BCUT2D eigenvalue weighted by Crippen LogP contribution is -2.45. The first-order valence-electron chi connectivity index (χ1n) is 9.02. The monoisotopic (exact) mass is 358 g/mol. The molecule has 0 spiro atoms. The van der Waals surface area contributed by atoms with Crippen molar-refractivity contribution in [3.8, 4) is 5.95 Å². The van der Waals surface area contributed by atoms with Crippen molar-refractivity contribution in [3.05, 3.63) is 24.7 Å². The maximum absolute atomic E-state index is 12.4. The third-order valence-corrected chi connectivity index (χ3v) is 5.41. The molecule has 1 amide bonds. The molecule has 9 heteroatoms. The molecule has 2 fully saturated rings. The van der Waals surface area contributed by atoms with Crippen LogP contribution in [0.2, 0.25) is 0 Å². The topological polar surface area (TPSA) is 102 Å². The minimum Gasteiger partial charge on any atom is -0.539 e. The van der Waals surface area contributed by atoms with Crippen LogP contribution in [0.1, 0.15) is 19.3 Å². The SMILES string of the molecule is O=C(C[n+]1cc([O-])on1)N1CCC(C2CCN(c3ncccn3)CC2)C1. The highest BCUT2D eigenvalue weighted by molar-refractivity contribution is 5.74. The Bertz CT molecular complexity index is 744. The maximum Gasteiger partial charge on any atom is 0.291 e. The van der Waals surface area contributed by atoms with Gasteiger partial charge in [-0.1, -0.05) is 4.68 Å². The van der Waals surface area contributed by atoms with E-state index in [2.05, 4.69) is 24.7 Å². The summed E-state index contributed by atoms with van der Waals surface area (Å²) in [4.78, 5) is 25.1. The Morgan fingerprint density at radius 1 is 1.19 bits per heavy atom. The first-order chi connectivity index (χ1) is 12.7. The predicted octanol–water partition coefficient (Wildman–Crippen LogP) is -0.409. The first-order valence-corrected chi connectivity index (χ1v) is 9.02. The van der Waals surface area contributed by atoms with Gasteiger partial charge in [0, 0.05) is 38.6 Å². The Morgan fingerprint density at radius 3 is 2.62 bits per heavy atom. The van der Waals surface area contributed by atoms with Gasteiger partial charge in [0.15, 0.2) is 0 Å². The summed E-state index contributed by atoms with van der Waals surface area (Å²) in [6, 6.07) is 1.83. The molecule has 0 N–H and O–H groups in total. The molecule has 2 saturated heterocycles. The minimum atomic E-state index is -0.536. The van der Waals surface area contributed by atoms with E-state index in [1.54, 1.807) is 12.4 Å². The van der Waals surface area contributed by atoms with E-state index in [4.69, 9.17) is 0 Å². The molecular formula is C17H22N6O3. The van der Waals surface area contributed by atoms with Gasteiger partial charge in [-0.05, 0) is 37.2 Å². The third-order valence-electron chi connectivity index (χ3n) is 5.41. The number of anilines is 1. The molecule has 2 aromatic rings. The summed E-state index contributed by atoms with van der Waals surface area (Å²) < 4.78 is 5.72. The number of hydrogen-bond donors (Lipinski definition) is 0. The van der Waals surface area contributed by atoms with E-state index in [9.17, 15) is 9.90 Å². The van der Waals surface area contributed by atoms with Crippen LogP contribution in [0.15, 0.2) is 29.2 Å². The van der Waals surface area contributed by atoms with Crippen molar-refractivity contribution in [1.29, 1.82) is 0 Å². The van der Waals surface area contributed by atoms with Crippen molar-refractivity contribution >= 4 is 11.9 Å². The van der Waals surface area contributed by atoms with E-state index in [-0.39, 0.29) is 12.5 Å². The van der Waals surface area contributed by atoms with Gasteiger partial charge in [0.25, 0.3) is 12.5 Å². The van der Waals surface area contributed by atoms with Crippen LogP contribution in [-0.4, -0.2) is 52.2 Å². The van der Waals surface area contributed by atoms with Crippen molar-refractivity contribution in [2.24, 2.45) is 11.8 Å². The van der Waals surface area contributed by atoms with Crippen LogP contribution in [0.4, 0.5) is 5.95 Å². The van der Waals surface area contributed by atoms with Gasteiger partial charge in [-0.25, -0.2) is 9.97 Å². The molecule has 0 aromatic carbocycles. The zero-order valence-corrected chi connectivity index (χ0v) is 14.5. The van der Waals surface area contributed by atoms with Crippen LogP contribution < -0.4 is 14.7 Å². The van der Waals surface area contributed by atoms with E-state index in [0.717, 1.165) is 51.4 Å². The summed E-state index contributed by atoms with van der Waals surface area (Å²) in [6.07, 6.45) is 7.99. The zero-order chi connectivity index (χ0) is 17.9. The standard InChI is InChI=1S/C17H22N6O3/c24-15(11-23-12-16(25)26-20-23)22-9-4-14(10-22)13-2-7-21(8-3-13)17-18-5-1-6-19-17/h1,5-6,12-14H,2-4,7-11H2. The molecule has 9 nitrogen and oxygen atoms in total.